The Morgan fingerprint density at radius 1 is 0.960 bits per heavy atom. The monoisotopic (exact) mass is 347 g/mol. The molecule has 0 bridgehead atoms. The maximum absolute atomic E-state index is 12.8. The van der Waals surface area contributed by atoms with Gasteiger partial charge < -0.3 is 5.32 Å². The molecule has 6 heteroatoms. The van der Waals surface area contributed by atoms with E-state index in [-0.39, 0.29) is 5.54 Å². The van der Waals surface area contributed by atoms with Crippen molar-refractivity contribution in [3.8, 4) is 11.3 Å². The average molecular weight is 347 g/mol. The zero-order chi connectivity index (χ0) is 18.4. The topological polar surface area (TPSA) is 29.3 Å². The van der Waals surface area contributed by atoms with Crippen LogP contribution in [0.15, 0.2) is 42.5 Å². The number of benzene rings is 1. The van der Waals surface area contributed by atoms with Crippen LogP contribution in [0.2, 0.25) is 0 Å². The molecule has 0 aliphatic heterocycles. The summed E-state index contributed by atoms with van der Waals surface area (Å²) < 4.78 is 40.4. The summed E-state index contributed by atoms with van der Waals surface area (Å²) >= 11 is 0. The molecular formula is C19H20F3N3. The Bertz CT molecular complexity index is 901. The number of nitrogens with one attached hydrogen (secondary N) is 1. The van der Waals surface area contributed by atoms with Gasteiger partial charge in [0.25, 0.3) is 0 Å². The summed E-state index contributed by atoms with van der Waals surface area (Å²) in [5, 5.41) is 3.44. The summed E-state index contributed by atoms with van der Waals surface area (Å²) in [6, 6.07) is 10.9. The van der Waals surface area contributed by atoms with Crippen LogP contribution in [0.5, 0.6) is 0 Å². The van der Waals surface area contributed by atoms with Gasteiger partial charge in [-0.2, -0.15) is 13.2 Å². The lowest BCUT2D eigenvalue weighted by Crippen LogP contribution is -2.27. The molecule has 2 heterocycles. The van der Waals surface area contributed by atoms with E-state index in [9.17, 15) is 13.2 Å². The van der Waals surface area contributed by atoms with Crippen LogP contribution in [-0.4, -0.2) is 14.9 Å². The van der Waals surface area contributed by atoms with Crippen molar-refractivity contribution in [2.75, 3.05) is 5.32 Å². The van der Waals surface area contributed by atoms with E-state index in [1.807, 2.05) is 50.3 Å². The highest BCUT2D eigenvalue weighted by Crippen LogP contribution is 2.34. The van der Waals surface area contributed by atoms with Gasteiger partial charge in [-0.05, 0) is 52.0 Å². The molecule has 0 spiro atoms. The van der Waals surface area contributed by atoms with Crippen molar-refractivity contribution in [1.82, 2.24) is 9.38 Å². The molecule has 0 radical (unpaired) electrons. The molecular weight excluding hydrogens is 327 g/mol. The number of aryl methyl sites for hydroxylation is 1. The molecule has 1 N–H and O–H groups in total. The summed E-state index contributed by atoms with van der Waals surface area (Å²) in [4.78, 5) is 4.64. The lowest BCUT2D eigenvalue weighted by molar-refractivity contribution is -0.137. The first-order valence-electron chi connectivity index (χ1n) is 8.00. The molecule has 0 amide bonds. The Morgan fingerprint density at radius 3 is 2.16 bits per heavy atom. The summed E-state index contributed by atoms with van der Waals surface area (Å²) in [5.41, 5.74) is 2.14. The lowest BCUT2D eigenvalue weighted by Gasteiger charge is -2.23. The molecule has 3 aromatic rings. The number of hydrogen-bond acceptors (Lipinski definition) is 2. The van der Waals surface area contributed by atoms with Crippen LogP contribution in [0, 0.1) is 6.92 Å². The molecule has 132 valence electrons. The molecule has 0 saturated carbocycles. The fraction of sp³-hybridized carbons (Fsp3) is 0.316. The largest absolute Gasteiger partial charge is 0.416 e. The maximum Gasteiger partial charge on any atom is 0.416 e. The Kier molecular flexibility index (Phi) is 4.01. The number of aromatic nitrogens is 2. The number of rotatable bonds is 2. The number of pyridine rings is 1. The fourth-order valence-corrected chi connectivity index (χ4v) is 2.74. The van der Waals surface area contributed by atoms with Crippen molar-refractivity contribution in [3.63, 3.8) is 0 Å². The fourth-order valence-electron chi connectivity index (χ4n) is 2.74. The Morgan fingerprint density at radius 2 is 1.60 bits per heavy atom. The highest BCUT2D eigenvalue weighted by atomic mass is 19.4. The Balaban J connectivity index is 2.18. The van der Waals surface area contributed by atoms with Gasteiger partial charge >= 0.3 is 6.18 Å². The summed E-state index contributed by atoms with van der Waals surface area (Å²) in [5.74, 6) is 0.778. The number of anilines is 1. The number of halogens is 3. The quantitative estimate of drug-likeness (QED) is 0.659. The molecule has 0 saturated heterocycles. The highest BCUT2D eigenvalue weighted by Gasteiger charge is 2.30. The van der Waals surface area contributed by atoms with Crippen LogP contribution in [-0.2, 0) is 6.18 Å². The smallest absolute Gasteiger partial charge is 0.365 e. The van der Waals surface area contributed by atoms with Crippen LogP contribution in [0.3, 0.4) is 0 Å². The Labute approximate surface area is 144 Å². The Hall–Kier alpha value is -2.50. The van der Waals surface area contributed by atoms with Gasteiger partial charge in [0.1, 0.15) is 17.2 Å². The highest BCUT2D eigenvalue weighted by molar-refractivity contribution is 5.77. The molecule has 0 unspecified atom stereocenters. The third kappa shape index (κ3) is 3.48. The van der Waals surface area contributed by atoms with Gasteiger partial charge in [-0.25, -0.2) is 4.98 Å². The number of hydrogen-bond donors (Lipinski definition) is 1. The SMILES string of the molecule is Cc1cccc2nc(-c3ccc(C(F)(F)F)cc3)c(NC(C)(C)C)n12. The minimum atomic E-state index is -4.35. The van der Waals surface area contributed by atoms with Crippen LogP contribution in [0.4, 0.5) is 19.0 Å². The van der Waals surface area contributed by atoms with E-state index < -0.39 is 11.7 Å². The average Bonchev–Trinajstić information content (AvgIpc) is 2.84. The van der Waals surface area contributed by atoms with Crippen molar-refractivity contribution >= 4 is 11.5 Å². The summed E-state index contributed by atoms with van der Waals surface area (Å²) in [7, 11) is 0. The van der Waals surface area contributed by atoms with Crippen molar-refractivity contribution in [2.24, 2.45) is 0 Å². The molecule has 25 heavy (non-hydrogen) atoms. The van der Waals surface area contributed by atoms with Gasteiger partial charge in [0.15, 0.2) is 0 Å². The van der Waals surface area contributed by atoms with Gasteiger partial charge in [-0.1, -0.05) is 18.2 Å². The molecule has 0 aliphatic carbocycles. The standard InChI is InChI=1S/C19H20F3N3/c1-12-6-5-7-15-23-16(17(25(12)15)24-18(2,3)4)13-8-10-14(11-9-13)19(20,21)22/h5-11,24H,1-4H3. The third-order valence-corrected chi connectivity index (χ3v) is 3.82. The number of nitrogens with zero attached hydrogens (tertiary/aromatic N) is 2. The zero-order valence-corrected chi connectivity index (χ0v) is 14.6. The first kappa shape index (κ1) is 17.3. The second kappa shape index (κ2) is 5.79. The first-order chi connectivity index (χ1) is 11.6. The second-order valence-electron chi connectivity index (χ2n) is 7.12. The van der Waals surface area contributed by atoms with Crippen molar-refractivity contribution < 1.29 is 13.2 Å². The van der Waals surface area contributed by atoms with E-state index in [0.29, 0.717) is 11.3 Å². The van der Waals surface area contributed by atoms with E-state index in [1.54, 1.807) is 0 Å². The predicted octanol–water partition coefficient (Wildman–Crippen LogP) is 5.54. The molecule has 0 fully saturated rings. The van der Waals surface area contributed by atoms with Crippen molar-refractivity contribution in [3.05, 3.63) is 53.7 Å². The first-order valence-corrected chi connectivity index (χ1v) is 8.00. The van der Waals surface area contributed by atoms with E-state index in [1.165, 1.54) is 12.1 Å². The second-order valence-corrected chi connectivity index (χ2v) is 7.12. The number of imidazole rings is 1. The zero-order valence-electron chi connectivity index (χ0n) is 14.6. The van der Waals surface area contributed by atoms with Crippen molar-refractivity contribution in [2.45, 2.75) is 39.4 Å². The van der Waals surface area contributed by atoms with Crippen LogP contribution in [0.1, 0.15) is 32.0 Å². The summed E-state index contributed by atoms with van der Waals surface area (Å²) in [6.07, 6.45) is -4.35. The van der Waals surface area contributed by atoms with Gasteiger partial charge in [-0.15, -0.1) is 0 Å². The number of fused-ring (bicyclic) bond motifs is 1. The van der Waals surface area contributed by atoms with E-state index in [4.69, 9.17) is 0 Å². The van der Waals surface area contributed by atoms with Gasteiger partial charge in [0.2, 0.25) is 0 Å². The van der Waals surface area contributed by atoms with Gasteiger partial charge in [0.05, 0.1) is 5.56 Å². The molecule has 3 nitrogen and oxygen atoms in total. The molecule has 1 aromatic carbocycles. The van der Waals surface area contributed by atoms with E-state index in [0.717, 1.165) is 29.3 Å². The summed E-state index contributed by atoms with van der Waals surface area (Å²) in [6.45, 7) is 8.06. The number of alkyl halides is 3. The van der Waals surface area contributed by atoms with Crippen molar-refractivity contribution in [1.29, 1.82) is 0 Å². The molecule has 2 aromatic heterocycles. The van der Waals surface area contributed by atoms with Gasteiger partial charge in [-0.3, -0.25) is 4.40 Å². The molecule has 3 rings (SSSR count). The molecule has 0 atom stereocenters. The minimum absolute atomic E-state index is 0.223. The van der Waals surface area contributed by atoms with E-state index >= 15 is 0 Å². The van der Waals surface area contributed by atoms with Crippen LogP contribution >= 0.6 is 0 Å². The van der Waals surface area contributed by atoms with Crippen LogP contribution < -0.4 is 5.32 Å². The van der Waals surface area contributed by atoms with Gasteiger partial charge in [0, 0.05) is 16.8 Å². The third-order valence-electron chi connectivity index (χ3n) is 3.82. The molecule has 0 aliphatic rings. The lowest BCUT2D eigenvalue weighted by atomic mass is 10.1. The van der Waals surface area contributed by atoms with Crippen LogP contribution in [0.25, 0.3) is 16.9 Å². The minimum Gasteiger partial charge on any atom is -0.365 e. The predicted molar refractivity (Wildman–Crippen MR) is 93.7 cm³/mol. The van der Waals surface area contributed by atoms with E-state index in [2.05, 4.69) is 10.3 Å². The normalized spacial score (nSPS) is 12.6. The maximum atomic E-state index is 12.8.